The molecule has 0 saturated heterocycles. The van der Waals surface area contributed by atoms with E-state index >= 15 is 0 Å². The maximum atomic E-state index is 4.17. The van der Waals surface area contributed by atoms with Crippen molar-refractivity contribution in [3.05, 3.63) is 17.8 Å². The minimum absolute atomic E-state index is 0.947. The number of hydrogen-bond acceptors (Lipinski definition) is 2. The highest BCUT2D eigenvalue weighted by Crippen LogP contribution is 2.22. The summed E-state index contributed by atoms with van der Waals surface area (Å²) in [5, 5.41) is 0. The van der Waals surface area contributed by atoms with E-state index in [-0.39, 0.29) is 0 Å². The molecule has 1 aromatic heterocycles. The maximum Gasteiger partial charge on any atom is 0.136 e. The number of H-pyrrole nitrogens is 1. The minimum Gasteiger partial charge on any atom is -0.346 e. The average molecular weight is 247 g/mol. The Balaban J connectivity index is 2.43. The monoisotopic (exact) mass is 247 g/mol. The van der Waals surface area contributed by atoms with Crippen molar-refractivity contribution in [2.75, 3.05) is 0 Å². The van der Waals surface area contributed by atoms with Crippen LogP contribution in [0.5, 0.6) is 0 Å². The van der Waals surface area contributed by atoms with Gasteiger partial charge in [0.05, 0.1) is 29.4 Å². The molecule has 0 radical (unpaired) electrons. The van der Waals surface area contributed by atoms with Crippen molar-refractivity contribution in [2.45, 2.75) is 6.54 Å². The lowest BCUT2D eigenvalue weighted by atomic mass is 10.3. The van der Waals surface area contributed by atoms with E-state index in [0.717, 1.165) is 12.4 Å². The van der Waals surface area contributed by atoms with Crippen LogP contribution in [0.1, 0.15) is 5.56 Å². The molecule has 0 spiro atoms. The number of aliphatic imine (C=N–C) groups is 1. The molecule has 1 aliphatic rings. The van der Waals surface area contributed by atoms with E-state index in [1.54, 1.807) is 0 Å². The maximum absolute atomic E-state index is 4.17. The Labute approximate surface area is 72.6 Å². The van der Waals surface area contributed by atoms with Gasteiger partial charge in [0.25, 0.3) is 0 Å². The largest absolute Gasteiger partial charge is 0.346 e. The van der Waals surface area contributed by atoms with E-state index in [9.17, 15) is 0 Å². The van der Waals surface area contributed by atoms with Crippen molar-refractivity contribution in [1.82, 2.24) is 8.10 Å². The molecule has 3 nitrogen and oxygen atoms in total. The van der Waals surface area contributed by atoms with E-state index in [2.05, 4.69) is 38.9 Å². The fourth-order valence-corrected chi connectivity index (χ4v) is 1.46. The quantitative estimate of drug-likeness (QED) is 0.550. The summed E-state index contributed by atoms with van der Waals surface area (Å²) in [4.78, 5) is 7.22. The summed E-state index contributed by atoms with van der Waals surface area (Å²) in [6.45, 7) is 0.947. The van der Waals surface area contributed by atoms with Crippen LogP contribution < -0.4 is 0 Å². The molecule has 0 bridgehead atoms. The number of fused-ring (bicyclic) bond motifs is 1. The smallest absolute Gasteiger partial charge is 0.136 e. The van der Waals surface area contributed by atoms with Crippen LogP contribution in [0, 0.1) is 0 Å². The lowest BCUT2D eigenvalue weighted by Gasteiger charge is -2.13. The molecule has 0 atom stereocenters. The second kappa shape index (κ2) is 2.26. The van der Waals surface area contributed by atoms with Gasteiger partial charge in [-0.2, -0.15) is 0 Å². The summed E-state index contributed by atoms with van der Waals surface area (Å²) in [6.07, 6.45) is 3.73. The van der Waals surface area contributed by atoms with Gasteiger partial charge in [0.1, 0.15) is 12.2 Å². The molecule has 0 unspecified atom stereocenters. The molecule has 10 heavy (non-hydrogen) atoms. The first kappa shape index (κ1) is 6.21. The van der Waals surface area contributed by atoms with Crippen molar-refractivity contribution in [2.24, 2.45) is 4.99 Å². The lowest BCUT2D eigenvalue weighted by Crippen LogP contribution is -2.10. The molecular weight excluding hydrogens is 241 g/mol. The number of aromatic nitrogens is 1. The van der Waals surface area contributed by atoms with Gasteiger partial charge in [0, 0.05) is 11.8 Å². The summed E-state index contributed by atoms with van der Waals surface area (Å²) in [7, 11) is 0. The summed E-state index contributed by atoms with van der Waals surface area (Å²) in [5.41, 5.74) is 1.26. The van der Waals surface area contributed by atoms with Crippen LogP contribution in [0.3, 0.4) is 0 Å². The van der Waals surface area contributed by atoms with Crippen molar-refractivity contribution in [1.29, 1.82) is 0 Å². The number of rotatable bonds is 0. The van der Waals surface area contributed by atoms with Gasteiger partial charge in [-0.25, -0.2) is 4.99 Å². The van der Waals surface area contributed by atoms with E-state index in [0.29, 0.717) is 0 Å². The van der Waals surface area contributed by atoms with Gasteiger partial charge in [-0.3, -0.25) is 0 Å². The number of nitrogens with one attached hydrogen (secondary N) is 1. The molecule has 0 amide bonds. The van der Waals surface area contributed by atoms with Crippen molar-refractivity contribution < 1.29 is 0 Å². The lowest BCUT2D eigenvalue weighted by molar-refractivity contribution is 0.724. The van der Waals surface area contributed by atoms with Crippen LogP contribution in [-0.4, -0.2) is 14.4 Å². The Morgan fingerprint density at radius 1 is 1.70 bits per heavy atom. The van der Waals surface area contributed by atoms with Crippen molar-refractivity contribution in [3.8, 4) is 0 Å². The van der Waals surface area contributed by atoms with Gasteiger partial charge in [-0.15, -0.1) is 0 Å². The molecular formula is C6H6IN3. The third-order valence-electron chi connectivity index (χ3n) is 1.44. The summed E-state index contributed by atoms with van der Waals surface area (Å²) < 4.78 is 2.02. The highest BCUT2D eigenvalue weighted by Gasteiger charge is 2.08. The molecule has 0 fully saturated rings. The highest BCUT2D eigenvalue weighted by molar-refractivity contribution is 14.1. The van der Waals surface area contributed by atoms with E-state index in [4.69, 9.17) is 0 Å². The molecule has 52 valence electrons. The topological polar surface area (TPSA) is 31.4 Å². The zero-order valence-electron chi connectivity index (χ0n) is 5.21. The first-order valence-corrected chi connectivity index (χ1v) is 3.95. The van der Waals surface area contributed by atoms with Crippen LogP contribution in [0.4, 0.5) is 5.82 Å². The van der Waals surface area contributed by atoms with Crippen LogP contribution in [0.15, 0.2) is 17.3 Å². The van der Waals surface area contributed by atoms with Crippen molar-refractivity contribution >= 4 is 35.0 Å². The van der Waals surface area contributed by atoms with Gasteiger partial charge in [0.15, 0.2) is 0 Å². The normalized spacial score (nSPS) is 15.5. The summed E-state index contributed by atoms with van der Waals surface area (Å²) in [5.74, 6) is 0.993. The standard InChI is InChI=1S/C6H6IN3/c7-10-3-5-1-2-8-6(5)9-4-10/h1-2,4,8H,3H2. The predicted octanol–water partition coefficient (Wildman–Crippen LogP) is 1.84. The molecule has 4 heteroatoms. The van der Waals surface area contributed by atoms with Gasteiger partial charge < -0.3 is 8.10 Å². The fraction of sp³-hybridized carbons (Fsp3) is 0.167. The Kier molecular flexibility index (Phi) is 1.40. The molecule has 1 N–H and O–H groups in total. The van der Waals surface area contributed by atoms with Gasteiger partial charge in [-0.05, 0) is 6.07 Å². The first-order chi connectivity index (χ1) is 4.86. The van der Waals surface area contributed by atoms with E-state index in [1.807, 2.05) is 15.6 Å². The first-order valence-electron chi connectivity index (χ1n) is 2.99. The summed E-state index contributed by atoms with van der Waals surface area (Å²) in [6, 6.07) is 2.05. The zero-order valence-corrected chi connectivity index (χ0v) is 7.37. The minimum atomic E-state index is 0.947. The van der Waals surface area contributed by atoms with Crippen LogP contribution >= 0.6 is 22.9 Å². The number of hydrogen-bond donors (Lipinski definition) is 1. The molecule has 2 rings (SSSR count). The molecule has 1 aromatic rings. The number of halogens is 1. The molecule has 2 heterocycles. The zero-order chi connectivity index (χ0) is 6.97. The van der Waals surface area contributed by atoms with Crippen LogP contribution in [0.25, 0.3) is 0 Å². The van der Waals surface area contributed by atoms with Crippen molar-refractivity contribution in [3.63, 3.8) is 0 Å². The Morgan fingerprint density at radius 2 is 2.60 bits per heavy atom. The average Bonchev–Trinajstić information content (AvgIpc) is 2.33. The second-order valence-electron chi connectivity index (χ2n) is 2.15. The molecule has 1 aliphatic heterocycles. The fourth-order valence-electron chi connectivity index (χ4n) is 0.965. The third kappa shape index (κ3) is 0.920. The third-order valence-corrected chi connectivity index (χ3v) is 2.03. The van der Waals surface area contributed by atoms with E-state index in [1.165, 1.54) is 5.56 Å². The molecule has 0 aromatic carbocycles. The molecule has 0 saturated carbocycles. The second-order valence-corrected chi connectivity index (χ2v) is 3.39. The highest BCUT2D eigenvalue weighted by atomic mass is 127. The summed E-state index contributed by atoms with van der Waals surface area (Å²) >= 11 is 2.22. The number of aromatic amines is 1. The SMILES string of the molecule is IN1C=Nc2[nH]ccc2C1. The predicted molar refractivity (Wildman–Crippen MR) is 48.5 cm³/mol. The Bertz CT molecular complexity index is 266. The Hall–Kier alpha value is -0.520. The van der Waals surface area contributed by atoms with Crippen LogP contribution in [-0.2, 0) is 6.54 Å². The van der Waals surface area contributed by atoms with Gasteiger partial charge in [-0.1, -0.05) is 0 Å². The van der Waals surface area contributed by atoms with Gasteiger partial charge >= 0.3 is 0 Å². The number of nitrogens with zero attached hydrogens (tertiary/aromatic N) is 2. The van der Waals surface area contributed by atoms with E-state index < -0.39 is 0 Å². The van der Waals surface area contributed by atoms with Crippen LogP contribution in [0.2, 0.25) is 0 Å². The molecule has 0 aliphatic carbocycles. The van der Waals surface area contributed by atoms with Gasteiger partial charge in [0.2, 0.25) is 0 Å². The Morgan fingerprint density at radius 3 is 3.50 bits per heavy atom.